The molecule has 0 aliphatic rings. The lowest BCUT2D eigenvalue weighted by Gasteiger charge is -2.24. The van der Waals surface area contributed by atoms with Gasteiger partial charge < -0.3 is 0 Å². The molecule has 82 valence electrons. The van der Waals surface area contributed by atoms with Gasteiger partial charge in [0.25, 0.3) is 0 Å². The predicted octanol–water partition coefficient (Wildman–Crippen LogP) is 3.45. The molecule has 0 aromatic carbocycles. The van der Waals surface area contributed by atoms with E-state index >= 15 is 0 Å². The van der Waals surface area contributed by atoms with E-state index < -0.39 is 0 Å². The SMILES string of the molecule is C#CC(CC)NC(c1cccs1)C(C)C. The average molecular weight is 221 g/mol. The van der Waals surface area contributed by atoms with Crippen molar-refractivity contribution in [2.24, 2.45) is 5.92 Å². The second-order valence-electron chi connectivity index (χ2n) is 4.03. The third-order valence-corrected chi connectivity index (χ3v) is 3.46. The Kier molecular flexibility index (Phi) is 4.87. The van der Waals surface area contributed by atoms with Crippen LogP contribution >= 0.6 is 11.3 Å². The molecule has 2 heteroatoms. The number of hydrogen-bond acceptors (Lipinski definition) is 2. The van der Waals surface area contributed by atoms with E-state index in [2.05, 4.69) is 49.5 Å². The Morgan fingerprint density at radius 3 is 2.67 bits per heavy atom. The van der Waals surface area contributed by atoms with Crippen LogP contribution in [0, 0.1) is 18.3 Å². The van der Waals surface area contributed by atoms with E-state index in [0.717, 1.165) is 6.42 Å². The van der Waals surface area contributed by atoms with Crippen molar-refractivity contribution in [3.63, 3.8) is 0 Å². The fraction of sp³-hybridized carbons (Fsp3) is 0.538. The summed E-state index contributed by atoms with van der Waals surface area (Å²) >= 11 is 1.79. The zero-order chi connectivity index (χ0) is 11.3. The van der Waals surface area contributed by atoms with E-state index in [1.807, 2.05) is 0 Å². The van der Waals surface area contributed by atoms with Crippen LogP contribution < -0.4 is 5.32 Å². The zero-order valence-electron chi connectivity index (χ0n) is 9.66. The Balaban J connectivity index is 2.72. The van der Waals surface area contributed by atoms with Crippen molar-refractivity contribution in [3.05, 3.63) is 22.4 Å². The van der Waals surface area contributed by atoms with E-state index in [1.165, 1.54) is 4.88 Å². The lowest BCUT2D eigenvalue weighted by Crippen LogP contribution is -2.33. The predicted molar refractivity (Wildman–Crippen MR) is 67.9 cm³/mol. The van der Waals surface area contributed by atoms with Gasteiger partial charge in [-0.1, -0.05) is 32.8 Å². The van der Waals surface area contributed by atoms with Crippen LogP contribution in [0.1, 0.15) is 38.1 Å². The first-order valence-electron chi connectivity index (χ1n) is 5.44. The zero-order valence-corrected chi connectivity index (χ0v) is 10.5. The molecule has 0 amide bonds. The molecule has 1 rings (SSSR count). The Hall–Kier alpha value is -0.780. The number of nitrogens with one attached hydrogen (secondary N) is 1. The second kappa shape index (κ2) is 5.95. The van der Waals surface area contributed by atoms with Gasteiger partial charge in [0.2, 0.25) is 0 Å². The van der Waals surface area contributed by atoms with E-state index in [-0.39, 0.29) is 6.04 Å². The molecule has 0 radical (unpaired) electrons. The van der Waals surface area contributed by atoms with Gasteiger partial charge in [0.05, 0.1) is 6.04 Å². The molecule has 0 saturated heterocycles. The summed E-state index contributed by atoms with van der Waals surface area (Å²) in [5.74, 6) is 3.35. The van der Waals surface area contributed by atoms with Crippen LogP contribution in [0.5, 0.6) is 0 Å². The maximum atomic E-state index is 5.48. The van der Waals surface area contributed by atoms with E-state index in [4.69, 9.17) is 6.42 Å². The highest BCUT2D eigenvalue weighted by Crippen LogP contribution is 2.26. The van der Waals surface area contributed by atoms with Crippen LogP contribution in [0.25, 0.3) is 0 Å². The largest absolute Gasteiger partial charge is 0.296 e. The first-order chi connectivity index (χ1) is 7.19. The average Bonchev–Trinajstić information content (AvgIpc) is 2.72. The van der Waals surface area contributed by atoms with Crippen molar-refractivity contribution in [1.82, 2.24) is 5.32 Å². The lowest BCUT2D eigenvalue weighted by molar-refractivity contribution is 0.391. The van der Waals surface area contributed by atoms with Gasteiger partial charge in [0.15, 0.2) is 0 Å². The molecule has 1 heterocycles. The Morgan fingerprint density at radius 2 is 2.27 bits per heavy atom. The van der Waals surface area contributed by atoms with Gasteiger partial charge in [-0.15, -0.1) is 17.8 Å². The topological polar surface area (TPSA) is 12.0 Å². The molecule has 15 heavy (non-hydrogen) atoms. The number of hydrogen-bond donors (Lipinski definition) is 1. The van der Waals surface area contributed by atoms with Crippen LogP contribution in [-0.4, -0.2) is 6.04 Å². The molecule has 0 fully saturated rings. The van der Waals surface area contributed by atoms with Gasteiger partial charge in [-0.05, 0) is 23.8 Å². The molecule has 1 aromatic rings. The molecule has 0 spiro atoms. The summed E-state index contributed by atoms with van der Waals surface area (Å²) in [5.41, 5.74) is 0. The summed E-state index contributed by atoms with van der Waals surface area (Å²) in [5, 5.41) is 5.64. The van der Waals surface area contributed by atoms with Crippen molar-refractivity contribution >= 4 is 11.3 Å². The van der Waals surface area contributed by atoms with Gasteiger partial charge >= 0.3 is 0 Å². The molecule has 1 nitrogen and oxygen atoms in total. The van der Waals surface area contributed by atoms with Crippen molar-refractivity contribution in [3.8, 4) is 12.3 Å². The van der Waals surface area contributed by atoms with Crippen LogP contribution in [0.2, 0.25) is 0 Å². The van der Waals surface area contributed by atoms with Gasteiger partial charge in [-0.25, -0.2) is 0 Å². The first-order valence-corrected chi connectivity index (χ1v) is 6.32. The Morgan fingerprint density at radius 1 is 1.53 bits per heavy atom. The fourth-order valence-electron chi connectivity index (χ4n) is 1.57. The highest BCUT2D eigenvalue weighted by molar-refractivity contribution is 7.10. The van der Waals surface area contributed by atoms with Gasteiger partial charge in [-0.2, -0.15) is 0 Å². The maximum Gasteiger partial charge on any atom is 0.0689 e. The lowest BCUT2D eigenvalue weighted by atomic mass is 10.0. The minimum atomic E-state index is 0.180. The summed E-state index contributed by atoms with van der Waals surface area (Å²) < 4.78 is 0. The van der Waals surface area contributed by atoms with Crippen LogP contribution in [-0.2, 0) is 0 Å². The third kappa shape index (κ3) is 3.37. The molecule has 0 aliphatic carbocycles. The first kappa shape index (κ1) is 12.3. The minimum Gasteiger partial charge on any atom is -0.296 e. The van der Waals surface area contributed by atoms with Gasteiger partial charge in [0, 0.05) is 10.9 Å². The summed E-state index contributed by atoms with van der Waals surface area (Å²) in [6.07, 6.45) is 6.45. The molecule has 2 atom stereocenters. The van der Waals surface area contributed by atoms with Crippen molar-refractivity contribution in [2.75, 3.05) is 0 Å². The van der Waals surface area contributed by atoms with Crippen molar-refractivity contribution < 1.29 is 0 Å². The van der Waals surface area contributed by atoms with Gasteiger partial charge in [-0.3, -0.25) is 5.32 Å². The Labute approximate surface area is 96.9 Å². The Bertz CT molecular complexity index is 308. The molecule has 1 aromatic heterocycles. The maximum absolute atomic E-state index is 5.48. The fourth-order valence-corrected chi connectivity index (χ4v) is 2.53. The molecule has 0 saturated carbocycles. The van der Waals surface area contributed by atoms with Crippen molar-refractivity contribution in [2.45, 2.75) is 39.3 Å². The van der Waals surface area contributed by atoms with E-state index in [9.17, 15) is 0 Å². The quantitative estimate of drug-likeness (QED) is 0.751. The van der Waals surface area contributed by atoms with Crippen molar-refractivity contribution in [1.29, 1.82) is 0 Å². The molecule has 2 unspecified atom stereocenters. The monoisotopic (exact) mass is 221 g/mol. The van der Waals surface area contributed by atoms with Gasteiger partial charge in [0.1, 0.15) is 0 Å². The molecular formula is C13H19NS. The summed E-state index contributed by atoms with van der Waals surface area (Å²) in [6, 6.07) is 4.82. The number of thiophene rings is 1. The van der Waals surface area contributed by atoms with Crippen LogP contribution in [0.15, 0.2) is 17.5 Å². The van der Waals surface area contributed by atoms with Crippen LogP contribution in [0.4, 0.5) is 0 Å². The summed E-state index contributed by atoms with van der Waals surface area (Å²) in [4.78, 5) is 1.37. The second-order valence-corrected chi connectivity index (χ2v) is 5.01. The highest BCUT2D eigenvalue weighted by atomic mass is 32.1. The molecule has 1 N–H and O–H groups in total. The normalized spacial score (nSPS) is 14.9. The van der Waals surface area contributed by atoms with E-state index in [1.54, 1.807) is 11.3 Å². The summed E-state index contributed by atoms with van der Waals surface area (Å²) in [6.45, 7) is 6.56. The molecule has 0 aliphatic heterocycles. The standard InChI is InChI=1S/C13H19NS/c1-5-11(6-2)14-13(10(3)4)12-8-7-9-15-12/h1,7-11,13-14H,6H2,2-4H3. The minimum absolute atomic E-state index is 0.180. The van der Waals surface area contributed by atoms with E-state index in [0.29, 0.717) is 12.0 Å². The number of rotatable bonds is 5. The number of terminal acetylenes is 1. The molecule has 0 bridgehead atoms. The smallest absolute Gasteiger partial charge is 0.0689 e. The molecular weight excluding hydrogens is 202 g/mol. The van der Waals surface area contributed by atoms with Crippen LogP contribution in [0.3, 0.4) is 0 Å². The third-order valence-electron chi connectivity index (χ3n) is 2.51. The summed E-state index contributed by atoms with van der Waals surface area (Å²) in [7, 11) is 0. The highest BCUT2D eigenvalue weighted by Gasteiger charge is 2.18.